The van der Waals surface area contributed by atoms with E-state index in [-0.39, 0.29) is 5.84 Å². The number of aromatic nitrogens is 1. The molecule has 0 aromatic carbocycles. The van der Waals surface area contributed by atoms with Crippen molar-refractivity contribution >= 4 is 22.9 Å². The summed E-state index contributed by atoms with van der Waals surface area (Å²) in [5.41, 5.74) is 8.51. The lowest BCUT2D eigenvalue weighted by molar-refractivity contribution is 0.741. The SMILES string of the molecule is N=C(N)c1ncccc1N1CCc2sccc2C1. The maximum absolute atomic E-state index is 7.60. The van der Waals surface area contributed by atoms with Crippen molar-refractivity contribution in [2.45, 2.75) is 13.0 Å². The Morgan fingerprint density at radius 3 is 3.17 bits per heavy atom. The van der Waals surface area contributed by atoms with E-state index in [1.54, 1.807) is 6.20 Å². The maximum Gasteiger partial charge on any atom is 0.143 e. The van der Waals surface area contributed by atoms with Gasteiger partial charge in [-0.15, -0.1) is 11.3 Å². The van der Waals surface area contributed by atoms with Gasteiger partial charge in [-0.25, -0.2) is 0 Å². The molecule has 2 aromatic heterocycles. The average molecular weight is 258 g/mol. The molecule has 0 amide bonds. The standard InChI is InChI=1S/C13H14N4S/c14-13(15)12-10(2-1-5-16-12)17-6-3-11-9(8-17)4-7-18-11/h1-2,4-5,7H,3,6,8H2,(H3,14,15). The van der Waals surface area contributed by atoms with Crippen molar-refractivity contribution in [2.75, 3.05) is 11.4 Å². The van der Waals surface area contributed by atoms with Crippen LogP contribution in [0.15, 0.2) is 29.8 Å². The summed E-state index contributed by atoms with van der Waals surface area (Å²) in [6, 6.07) is 6.06. The molecule has 2 aromatic rings. The molecule has 92 valence electrons. The lowest BCUT2D eigenvalue weighted by Crippen LogP contribution is -2.31. The van der Waals surface area contributed by atoms with Crippen LogP contribution in [0.2, 0.25) is 0 Å². The van der Waals surface area contributed by atoms with Crippen LogP contribution in [-0.4, -0.2) is 17.4 Å². The number of fused-ring (bicyclic) bond motifs is 1. The molecule has 3 rings (SSSR count). The Labute approximate surface area is 110 Å². The van der Waals surface area contributed by atoms with Gasteiger partial charge < -0.3 is 10.6 Å². The van der Waals surface area contributed by atoms with Crippen molar-refractivity contribution in [3.63, 3.8) is 0 Å². The molecule has 0 aliphatic carbocycles. The summed E-state index contributed by atoms with van der Waals surface area (Å²) in [6.07, 6.45) is 2.74. The van der Waals surface area contributed by atoms with E-state index in [0.29, 0.717) is 5.69 Å². The average Bonchev–Trinajstić information content (AvgIpc) is 2.85. The predicted octanol–water partition coefficient (Wildman–Crippen LogP) is 1.99. The van der Waals surface area contributed by atoms with Gasteiger partial charge in [0.05, 0.1) is 5.69 Å². The fourth-order valence-electron chi connectivity index (χ4n) is 2.31. The summed E-state index contributed by atoms with van der Waals surface area (Å²) in [4.78, 5) is 7.93. The maximum atomic E-state index is 7.60. The van der Waals surface area contributed by atoms with Gasteiger partial charge >= 0.3 is 0 Å². The molecule has 4 nitrogen and oxygen atoms in total. The Kier molecular flexibility index (Phi) is 2.76. The fraction of sp³-hybridized carbons (Fsp3) is 0.231. The second-order valence-electron chi connectivity index (χ2n) is 4.33. The predicted molar refractivity (Wildman–Crippen MR) is 74.3 cm³/mol. The van der Waals surface area contributed by atoms with Gasteiger partial charge in [0.2, 0.25) is 0 Å². The zero-order chi connectivity index (χ0) is 12.5. The number of rotatable bonds is 2. The van der Waals surface area contributed by atoms with Crippen LogP contribution in [0.25, 0.3) is 0 Å². The van der Waals surface area contributed by atoms with E-state index >= 15 is 0 Å². The van der Waals surface area contributed by atoms with E-state index in [0.717, 1.165) is 25.2 Å². The van der Waals surface area contributed by atoms with Crippen molar-refractivity contribution in [3.8, 4) is 0 Å². The topological polar surface area (TPSA) is 66.0 Å². The number of anilines is 1. The first-order valence-electron chi connectivity index (χ1n) is 5.85. The van der Waals surface area contributed by atoms with Crippen molar-refractivity contribution in [1.29, 1.82) is 5.41 Å². The monoisotopic (exact) mass is 258 g/mol. The van der Waals surface area contributed by atoms with E-state index < -0.39 is 0 Å². The van der Waals surface area contributed by atoms with Gasteiger partial charge in [0.1, 0.15) is 11.5 Å². The molecular formula is C13H14N4S. The Morgan fingerprint density at radius 2 is 2.33 bits per heavy atom. The summed E-state index contributed by atoms with van der Waals surface area (Å²) in [6.45, 7) is 1.84. The molecule has 3 heterocycles. The summed E-state index contributed by atoms with van der Waals surface area (Å²) < 4.78 is 0. The normalized spacial score (nSPS) is 14.3. The molecule has 5 heteroatoms. The van der Waals surface area contributed by atoms with Gasteiger partial charge in [0, 0.05) is 24.2 Å². The van der Waals surface area contributed by atoms with Crippen LogP contribution in [0.5, 0.6) is 0 Å². The molecule has 0 bridgehead atoms. The number of nitrogens with zero attached hydrogens (tertiary/aromatic N) is 2. The quantitative estimate of drug-likeness (QED) is 0.639. The second-order valence-corrected chi connectivity index (χ2v) is 5.33. The molecule has 0 saturated heterocycles. The van der Waals surface area contributed by atoms with Gasteiger partial charge in [-0.3, -0.25) is 10.4 Å². The lowest BCUT2D eigenvalue weighted by Gasteiger charge is -2.30. The number of nitrogens with one attached hydrogen (secondary N) is 1. The van der Waals surface area contributed by atoms with Crippen LogP contribution < -0.4 is 10.6 Å². The van der Waals surface area contributed by atoms with E-state index in [2.05, 4.69) is 21.3 Å². The van der Waals surface area contributed by atoms with Crippen LogP contribution in [0.1, 0.15) is 16.1 Å². The molecule has 1 aliphatic rings. The number of amidine groups is 1. The molecule has 3 N–H and O–H groups in total. The molecule has 0 radical (unpaired) electrons. The van der Waals surface area contributed by atoms with Crippen LogP contribution in [-0.2, 0) is 13.0 Å². The van der Waals surface area contributed by atoms with E-state index in [4.69, 9.17) is 11.1 Å². The minimum absolute atomic E-state index is 0.0294. The number of nitrogen functional groups attached to an aromatic ring is 1. The zero-order valence-electron chi connectivity index (χ0n) is 9.89. The summed E-state index contributed by atoms with van der Waals surface area (Å²) in [7, 11) is 0. The summed E-state index contributed by atoms with van der Waals surface area (Å²) in [5.74, 6) is 0.0294. The van der Waals surface area contributed by atoms with Crippen LogP contribution in [0, 0.1) is 5.41 Å². The number of hydrogen-bond acceptors (Lipinski definition) is 4. The van der Waals surface area contributed by atoms with Gasteiger partial charge in [-0.05, 0) is 35.6 Å². The van der Waals surface area contributed by atoms with Gasteiger partial charge in [0.15, 0.2) is 0 Å². The van der Waals surface area contributed by atoms with Crippen molar-refractivity contribution < 1.29 is 0 Å². The van der Waals surface area contributed by atoms with Crippen molar-refractivity contribution in [3.05, 3.63) is 45.9 Å². The summed E-state index contributed by atoms with van der Waals surface area (Å²) >= 11 is 1.82. The highest BCUT2D eigenvalue weighted by Gasteiger charge is 2.20. The molecule has 0 fully saturated rings. The summed E-state index contributed by atoms with van der Waals surface area (Å²) in [5, 5.41) is 9.74. The third-order valence-electron chi connectivity index (χ3n) is 3.19. The first kappa shape index (κ1) is 11.2. The second kappa shape index (κ2) is 4.42. The first-order valence-corrected chi connectivity index (χ1v) is 6.73. The van der Waals surface area contributed by atoms with Crippen LogP contribution in [0.3, 0.4) is 0 Å². The molecule has 0 saturated carbocycles. The Bertz CT molecular complexity index is 590. The van der Waals surface area contributed by atoms with E-state index in [1.807, 2.05) is 23.5 Å². The van der Waals surface area contributed by atoms with E-state index in [9.17, 15) is 0 Å². The Balaban J connectivity index is 1.95. The Hall–Kier alpha value is -1.88. The molecule has 0 spiro atoms. The number of hydrogen-bond donors (Lipinski definition) is 2. The lowest BCUT2D eigenvalue weighted by atomic mass is 10.1. The molecule has 18 heavy (non-hydrogen) atoms. The number of nitrogens with two attached hydrogens (primary N) is 1. The largest absolute Gasteiger partial charge is 0.382 e. The third kappa shape index (κ3) is 1.86. The third-order valence-corrected chi connectivity index (χ3v) is 4.21. The molecule has 1 aliphatic heterocycles. The molecule has 0 atom stereocenters. The number of thiophene rings is 1. The highest BCUT2D eigenvalue weighted by atomic mass is 32.1. The van der Waals surface area contributed by atoms with E-state index in [1.165, 1.54) is 10.4 Å². The minimum Gasteiger partial charge on any atom is -0.382 e. The van der Waals surface area contributed by atoms with Crippen molar-refractivity contribution in [1.82, 2.24) is 4.98 Å². The highest BCUT2D eigenvalue weighted by molar-refractivity contribution is 7.10. The Morgan fingerprint density at radius 1 is 1.44 bits per heavy atom. The van der Waals surface area contributed by atoms with Gasteiger partial charge in [-0.2, -0.15) is 0 Å². The van der Waals surface area contributed by atoms with Gasteiger partial charge in [0.25, 0.3) is 0 Å². The van der Waals surface area contributed by atoms with Crippen LogP contribution in [0.4, 0.5) is 5.69 Å². The van der Waals surface area contributed by atoms with Crippen molar-refractivity contribution in [2.24, 2.45) is 5.73 Å². The minimum atomic E-state index is 0.0294. The van der Waals surface area contributed by atoms with Gasteiger partial charge in [-0.1, -0.05) is 0 Å². The first-order chi connectivity index (χ1) is 8.75. The molecule has 0 unspecified atom stereocenters. The zero-order valence-corrected chi connectivity index (χ0v) is 10.7. The highest BCUT2D eigenvalue weighted by Crippen LogP contribution is 2.28. The smallest absolute Gasteiger partial charge is 0.143 e. The number of pyridine rings is 1. The fourth-order valence-corrected chi connectivity index (χ4v) is 3.20. The van der Waals surface area contributed by atoms with Crippen LogP contribution >= 0.6 is 11.3 Å². The molecular weight excluding hydrogens is 244 g/mol.